The Hall–Kier alpha value is -1.83. The first kappa shape index (κ1) is 14.7. The minimum atomic E-state index is 0.537. The molecule has 0 spiro atoms. The summed E-state index contributed by atoms with van der Waals surface area (Å²) in [6.07, 6.45) is 3.72. The maximum Gasteiger partial charge on any atom is 0.173 e. The van der Waals surface area contributed by atoms with Crippen molar-refractivity contribution in [2.75, 3.05) is 6.61 Å². The summed E-state index contributed by atoms with van der Waals surface area (Å²) in [7, 11) is 0. The van der Waals surface area contributed by atoms with Gasteiger partial charge in [0.2, 0.25) is 0 Å². The molecule has 0 bridgehead atoms. The van der Waals surface area contributed by atoms with Crippen LogP contribution in [0.2, 0.25) is 5.02 Å². The van der Waals surface area contributed by atoms with Crippen molar-refractivity contribution in [3.63, 3.8) is 0 Å². The minimum absolute atomic E-state index is 0.537. The second-order valence-electron chi connectivity index (χ2n) is 5.09. The Labute approximate surface area is 142 Å². The molecule has 1 aliphatic rings. The van der Waals surface area contributed by atoms with Gasteiger partial charge in [0.25, 0.3) is 0 Å². The summed E-state index contributed by atoms with van der Waals surface area (Å²) < 4.78 is 9.54. The van der Waals surface area contributed by atoms with Crippen molar-refractivity contribution < 1.29 is 4.74 Å². The van der Waals surface area contributed by atoms with Crippen molar-refractivity contribution in [3.8, 4) is 5.69 Å². The standard InChI is InChI=1S/C15H14ClN5OS/c16-11-2-1-3-12(8-11)20-5-4-17-15(20)23-10-14-19-18-13-9-22-7-6-21(13)14/h1-5,8H,6-7,9-10H2. The van der Waals surface area contributed by atoms with E-state index in [0.717, 1.165) is 29.0 Å². The molecule has 1 aliphatic heterocycles. The fourth-order valence-corrected chi connectivity index (χ4v) is 3.61. The van der Waals surface area contributed by atoms with Gasteiger partial charge in [0.1, 0.15) is 12.4 Å². The molecule has 0 atom stereocenters. The predicted molar refractivity (Wildman–Crippen MR) is 87.8 cm³/mol. The van der Waals surface area contributed by atoms with E-state index in [4.69, 9.17) is 16.3 Å². The number of imidazole rings is 1. The van der Waals surface area contributed by atoms with Gasteiger partial charge >= 0.3 is 0 Å². The van der Waals surface area contributed by atoms with E-state index in [0.29, 0.717) is 24.0 Å². The summed E-state index contributed by atoms with van der Waals surface area (Å²) in [5.41, 5.74) is 0.995. The van der Waals surface area contributed by atoms with Crippen LogP contribution in [0.3, 0.4) is 0 Å². The molecule has 0 amide bonds. The highest BCUT2D eigenvalue weighted by molar-refractivity contribution is 7.98. The van der Waals surface area contributed by atoms with Gasteiger partial charge in [0.15, 0.2) is 11.0 Å². The molecule has 0 aliphatic carbocycles. The van der Waals surface area contributed by atoms with E-state index in [1.807, 2.05) is 35.0 Å². The van der Waals surface area contributed by atoms with Crippen molar-refractivity contribution in [1.82, 2.24) is 24.3 Å². The summed E-state index contributed by atoms with van der Waals surface area (Å²) in [6, 6.07) is 7.72. The Bertz CT molecular complexity index is 831. The number of thioether (sulfide) groups is 1. The highest BCUT2D eigenvalue weighted by Crippen LogP contribution is 2.25. The Balaban J connectivity index is 1.54. The van der Waals surface area contributed by atoms with Crippen molar-refractivity contribution in [2.24, 2.45) is 0 Å². The monoisotopic (exact) mass is 347 g/mol. The predicted octanol–water partition coefficient (Wildman–Crippen LogP) is 2.94. The highest BCUT2D eigenvalue weighted by Gasteiger charge is 2.17. The van der Waals surface area contributed by atoms with Gasteiger partial charge in [-0.05, 0) is 18.2 Å². The molecule has 118 valence electrons. The largest absolute Gasteiger partial charge is 0.372 e. The molecule has 0 saturated carbocycles. The number of nitrogens with zero attached hydrogens (tertiary/aromatic N) is 5. The van der Waals surface area contributed by atoms with Crippen LogP contribution < -0.4 is 0 Å². The normalized spacial score (nSPS) is 14.0. The molecule has 0 fully saturated rings. The van der Waals surface area contributed by atoms with Gasteiger partial charge < -0.3 is 9.30 Å². The molecule has 3 aromatic rings. The van der Waals surface area contributed by atoms with Gasteiger partial charge in [-0.2, -0.15) is 0 Å². The Morgan fingerprint density at radius 1 is 1.30 bits per heavy atom. The van der Waals surface area contributed by atoms with Crippen LogP contribution in [0.1, 0.15) is 11.6 Å². The third-order valence-electron chi connectivity index (χ3n) is 3.62. The van der Waals surface area contributed by atoms with Crippen molar-refractivity contribution in [2.45, 2.75) is 24.1 Å². The summed E-state index contributed by atoms with van der Waals surface area (Å²) in [5.74, 6) is 2.56. The average Bonchev–Trinajstić information content (AvgIpc) is 3.20. The molecule has 0 N–H and O–H groups in total. The van der Waals surface area contributed by atoms with E-state index in [2.05, 4.69) is 19.7 Å². The van der Waals surface area contributed by atoms with Crippen LogP contribution in [0.5, 0.6) is 0 Å². The SMILES string of the molecule is Clc1cccc(-n2ccnc2SCc2nnc3n2CCOC3)c1. The molecule has 1 aromatic carbocycles. The number of halogens is 1. The molecule has 0 saturated heterocycles. The third-order valence-corrected chi connectivity index (χ3v) is 4.82. The molecule has 3 heterocycles. The number of benzene rings is 1. The van der Waals surface area contributed by atoms with Gasteiger partial charge in [-0.25, -0.2) is 4.98 Å². The zero-order chi connectivity index (χ0) is 15.6. The van der Waals surface area contributed by atoms with E-state index in [1.165, 1.54) is 0 Å². The Kier molecular flexibility index (Phi) is 4.07. The van der Waals surface area contributed by atoms with Crippen molar-refractivity contribution >= 4 is 23.4 Å². The quantitative estimate of drug-likeness (QED) is 0.679. The van der Waals surface area contributed by atoms with Gasteiger partial charge in [-0.1, -0.05) is 29.4 Å². The highest BCUT2D eigenvalue weighted by atomic mass is 35.5. The lowest BCUT2D eigenvalue weighted by molar-refractivity contribution is 0.0808. The fourth-order valence-electron chi connectivity index (χ4n) is 2.51. The molecule has 4 rings (SSSR count). The zero-order valence-electron chi connectivity index (χ0n) is 12.2. The van der Waals surface area contributed by atoms with E-state index in [-0.39, 0.29) is 0 Å². The van der Waals surface area contributed by atoms with Crippen LogP contribution in [-0.4, -0.2) is 30.9 Å². The van der Waals surface area contributed by atoms with Crippen LogP contribution in [0.4, 0.5) is 0 Å². The molecule has 6 nitrogen and oxygen atoms in total. The van der Waals surface area contributed by atoms with Gasteiger partial charge in [0.05, 0.1) is 12.4 Å². The lowest BCUT2D eigenvalue weighted by Gasteiger charge is -2.15. The number of hydrogen-bond acceptors (Lipinski definition) is 5. The summed E-state index contributed by atoms with van der Waals surface area (Å²) in [6.45, 7) is 2.05. The maximum atomic E-state index is 6.08. The van der Waals surface area contributed by atoms with Gasteiger partial charge in [-0.15, -0.1) is 10.2 Å². The van der Waals surface area contributed by atoms with Crippen LogP contribution in [0.15, 0.2) is 41.8 Å². The molecule has 23 heavy (non-hydrogen) atoms. The smallest absolute Gasteiger partial charge is 0.173 e. The zero-order valence-corrected chi connectivity index (χ0v) is 13.8. The molecule has 8 heteroatoms. The topological polar surface area (TPSA) is 57.8 Å². The first-order valence-corrected chi connectivity index (χ1v) is 8.58. The molecule has 0 unspecified atom stereocenters. The van der Waals surface area contributed by atoms with E-state index < -0.39 is 0 Å². The lowest BCUT2D eigenvalue weighted by Crippen LogP contribution is -2.18. The number of fused-ring (bicyclic) bond motifs is 1. The third kappa shape index (κ3) is 2.99. The average molecular weight is 348 g/mol. The summed E-state index contributed by atoms with van der Waals surface area (Å²) in [5, 5.41) is 10.1. The number of rotatable bonds is 4. The Morgan fingerprint density at radius 2 is 2.26 bits per heavy atom. The summed E-state index contributed by atoms with van der Waals surface area (Å²) >= 11 is 7.71. The molecular formula is C15H14ClN5OS. The second-order valence-corrected chi connectivity index (χ2v) is 6.46. The van der Waals surface area contributed by atoms with Gasteiger partial charge in [-0.3, -0.25) is 4.57 Å². The van der Waals surface area contributed by atoms with Crippen molar-refractivity contribution in [3.05, 3.63) is 53.3 Å². The van der Waals surface area contributed by atoms with Crippen LogP contribution in [0.25, 0.3) is 5.69 Å². The fraction of sp³-hybridized carbons (Fsp3) is 0.267. The molecule has 2 aromatic heterocycles. The molecular weight excluding hydrogens is 334 g/mol. The number of ether oxygens (including phenoxy) is 1. The first-order valence-electron chi connectivity index (χ1n) is 7.22. The number of aromatic nitrogens is 5. The number of hydrogen-bond donors (Lipinski definition) is 0. The summed E-state index contributed by atoms with van der Waals surface area (Å²) in [4.78, 5) is 4.43. The van der Waals surface area contributed by atoms with Crippen molar-refractivity contribution in [1.29, 1.82) is 0 Å². The van der Waals surface area contributed by atoms with E-state index in [1.54, 1.807) is 18.0 Å². The first-order chi connectivity index (χ1) is 11.3. The van der Waals surface area contributed by atoms with Crippen LogP contribution >= 0.6 is 23.4 Å². The lowest BCUT2D eigenvalue weighted by atomic mass is 10.3. The maximum absolute atomic E-state index is 6.08. The van der Waals surface area contributed by atoms with E-state index >= 15 is 0 Å². The Morgan fingerprint density at radius 3 is 3.17 bits per heavy atom. The van der Waals surface area contributed by atoms with Crippen LogP contribution in [-0.2, 0) is 23.6 Å². The minimum Gasteiger partial charge on any atom is -0.372 e. The molecule has 0 radical (unpaired) electrons. The van der Waals surface area contributed by atoms with Gasteiger partial charge in [0, 0.05) is 29.6 Å². The van der Waals surface area contributed by atoms with Crippen LogP contribution in [0, 0.1) is 0 Å². The van der Waals surface area contributed by atoms with E-state index in [9.17, 15) is 0 Å². The second kappa shape index (κ2) is 6.35.